The molecule has 0 radical (unpaired) electrons. The van der Waals surface area contributed by atoms with Gasteiger partial charge in [0.15, 0.2) is 0 Å². The second-order valence-electron chi connectivity index (χ2n) is 5.07. The average molecular weight is 339 g/mol. The summed E-state index contributed by atoms with van der Waals surface area (Å²) < 4.78 is 11.5. The second-order valence-corrected chi connectivity index (χ2v) is 5.93. The van der Waals surface area contributed by atoms with E-state index in [0.29, 0.717) is 0 Å². The molecule has 1 aromatic rings. The monoisotopic (exact) mass is 337 g/mol. The van der Waals surface area contributed by atoms with E-state index in [1.165, 1.54) is 0 Å². The van der Waals surface area contributed by atoms with Crippen LogP contribution in [0.4, 0.5) is 0 Å². The van der Waals surface area contributed by atoms with Crippen LogP contribution in [0.1, 0.15) is 32.4 Å². The smallest absolute Gasteiger partial charge is 0.133 e. The maximum atomic E-state index is 6.27. The Hall–Kier alpha value is -0.450. The van der Waals surface area contributed by atoms with Crippen LogP contribution in [0.2, 0.25) is 0 Å². The highest BCUT2D eigenvalue weighted by Crippen LogP contribution is 2.40. The molecular weight excluding hydrogens is 318 g/mol. The van der Waals surface area contributed by atoms with Gasteiger partial charge in [-0.15, -0.1) is 12.4 Å². The largest absolute Gasteiger partial charge is 0.496 e. The molecule has 104 valence electrons. The first-order chi connectivity index (χ1) is 7.81. The average Bonchev–Trinajstić information content (AvgIpc) is 2.26. The number of rotatable bonds is 3. The summed E-state index contributed by atoms with van der Waals surface area (Å²) in [5.41, 5.74) is 7.19. The van der Waals surface area contributed by atoms with Gasteiger partial charge >= 0.3 is 0 Å². The van der Waals surface area contributed by atoms with E-state index >= 15 is 0 Å². The third-order valence-corrected chi connectivity index (χ3v) is 3.39. The molecule has 1 aromatic carbocycles. The van der Waals surface area contributed by atoms with Crippen LogP contribution in [0.15, 0.2) is 16.6 Å². The van der Waals surface area contributed by atoms with E-state index in [1.54, 1.807) is 14.2 Å². The molecule has 0 aromatic heterocycles. The first-order valence-corrected chi connectivity index (χ1v) is 6.27. The van der Waals surface area contributed by atoms with Gasteiger partial charge in [-0.2, -0.15) is 0 Å². The molecule has 0 spiro atoms. The van der Waals surface area contributed by atoms with Gasteiger partial charge in [0, 0.05) is 11.6 Å². The number of benzene rings is 1. The summed E-state index contributed by atoms with van der Waals surface area (Å²) in [5.74, 6) is 1.54. The fourth-order valence-electron chi connectivity index (χ4n) is 1.59. The van der Waals surface area contributed by atoms with Crippen LogP contribution in [0, 0.1) is 5.41 Å². The minimum atomic E-state index is -0.112. The predicted octanol–water partition coefficient (Wildman–Crippen LogP) is 3.93. The quantitative estimate of drug-likeness (QED) is 0.908. The van der Waals surface area contributed by atoms with Crippen LogP contribution in [0.25, 0.3) is 0 Å². The Balaban J connectivity index is 0.00000289. The predicted molar refractivity (Wildman–Crippen MR) is 80.9 cm³/mol. The molecule has 18 heavy (non-hydrogen) atoms. The van der Waals surface area contributed by atoms with E-state index in [9.17, 15) is 0 Å². The van der Waals surface area contributed by atoms with E-state index in [0.717, 1.165) is 21.5 Å². The minimum Gasteiger partial charge on any atom is -0.496 e. The van der Waals surface area contributed by atoms with Crippen molar-refractivity contribution in [1.82, 2.24) is 0 Å². The van der Waals surface area contributed by atoms with E-state index in [2.05, 4.69) is 36.7 Å². The van der Waals surface area contributed by atoms with E-state index in [4.69, 9.17) is 15.2 Å². The molecule has 0 saturated carbocycles. The molecule has 0 saturated heterocycles. The standard InChI is InChI=1S/C13H20BrNO2.ClH/c1-13(2,3)12(15)8-6-11(17-5)9(14)7-10(8)16-4;/h6-7,12H,15H2,1-5H3;1H/t12-;/m0./s1. The van der Waals surface area contributed by atoms with Gasteiger partial charge in [0.1, 0.15) is 11.5 Å². The summed E-state index contributed by atoms with van der Waals surface area (Å²) >= 11 is 3.44. The van der Waals surface area contributed by atoms with Crippen molar-refractivity contribution in [1.29, 1.82) is 0 Å². The van der Waals surface area contributed by atoms with Gasteiger partial charge in [-0.3, -0.25) is 0 Å². The highest BCUT2D eigenvalue weighted by atomic mass is 79.9. The zero-order valence-electron chi connectivity index (χ0n) is 11.4. The van der Waals surface area contributed by atoms with Crippen molar-refractivity contribution in [3.8, 4) is 11.5 Å². The molecule has 1 atom stereocenters. The molecule has 0 aliphatic heterocycles. The molecule has 0 aliphatic carbocycles. The lowest BCUT2D eigenvalue weighted by Gasteiger charge is -2.29. The van der Waals surface area contributed by atoms with Gasteiger partial charge in [-0.1, -0.05) is 20.8 Å². The lowest BCUT2D eigenvalue weighted by atomic mass is 9.82. The third kappa shape index (κ3) is 3.77. The van der Waals surface area contributed by atoms with Crippen molar-refractivity contribution in [2.24, 2.45) is 11.1 Å². The summed E-state index contributed by atoms with van der Waals surface area (Å²) in [6.07, 6.45) is 0. The first kappa shape index (κ1) is 17.6. The number of halogens is 2. The Morgan fingerprint density at radius 1 is 1.11 bits per heavy atom. The second kappa shape index (κ2) is 6.64. The fraction of sp³-hybridized carbons (Fsp3) is 0.538. The molecule has 1 rings (SSSR count). The third-order valence-electron chi connectivity index (χ3n) is 2.77. The number of ether oxygens (including phenoxy) is 2. The van der Waals surface area contributed by atoms with Gasteiger partial charge in [0.25, 0.3) is 0 Å². The van der Waals surface area contributed by atoms with Crippen LogP contribution in [-0.2, 0) is 0 Å². The summed E-state index contributed by atoms with van der Waals surface area (Å²) in [7, 11) is 3.28. The minimum absolute atomic E-state index is 0. The SMILES string of the molecule is COc1cc([C@H](N)C(C)(C)C)c(OC)cc1Br.Cl. The number of hydrogen-bond donors (Lipinski definition) is 1. The summed E-state index contributed by atoms with van der Waals surface area (Å²) in [4.78, 5) is 0. The van der Waals surface area contributed by atoms with Crippen molar-refractivity contribution in [3.05, 3.63) is 22.2 Å². The maximum Gasteiger partial charge on any atom is 0.133 e. The molecule has 0 fully saturated rings. The van der Waals surface area contributed by atoms with Gasteiger partial charge in [-0.25, -0.2) is 0 Å². The maximum absolute atomic E-state index is 6.27. The van der Waals surface area contributed by atoms with Crippen LogP contribution in [0.5, 0.6) is 11.5 Å². The van der Waals surface area contributed by atoms with Crippen LogP contribution in [-0.4, -0.2) is 14.2 Å². The molecule has 0 heterocycles. The highest BCUT2D eigenvalue weighted by molar-refractivity contribution is 9.10. The van der Waals surface area contributed by atoms with Crippen molar-refractivity contribution < 1.29 is 9.47 Å². The van der Waals surface area contributed by atoms with E-state index < -0.39 is 0 Å². The molecular formula is C13H21BrClNO2. The molecule has 5 heteroatoms. The fourth-order valence-corrected chi connectivity index (χ4v) is 2.08. The van der Waals surface area contributed by atoms with Crippen molar-refractivity contribution >= 4 is 28.3 Å². The number of hydrogen-bond acceptors (Lipinski definition) is 3. The normalized spacial score (nSPS) is 12.6. The zero-order valence-corrected chi connectivity index (χ0v) is 13.8. The summed E-state index contributed by atoms with van der Waals surface area (Å²) in [6, 6.07) is 3.71. The summed E-state index contributed by atoms with van der Waals surface area (Å²) in [6.45, 7) is 6.31. The summed E-state index contributed by atoms with van der Waals surface area (Å²) in [5, 5.41) is 0. The molecule has 0 amide bonds. The van der Waals surface area contributed by atoms with Crippen LogP contribution < -0.4 is 15.2 Å². The number of methoxy groups -OCH3 is 2. The molecule has 0 unspecified atom stereocenters. The molecule has 3 nitrogen and oxygen atoms in total. The molecule has 0 bridgehead atoms. The van der Waals surface area contributed by atoms with Crippen molar-refractivity contribution in [2.45, 2.75) is 26.8 Å². The Morgan fingerprint density at radius 3 is 2.00 bits per heavy atom. The van der Waals surface area contributed by atoms with Gasteiger partial charge in [0.2, 0.25) is 0 Å². The molecule has 0 aliphatic rings. The zero-order chi connectivity index (χ0) is 13.2. The van der Waals surface area contributed by atoms with Gasteiger partial charge < -0.3 is 15.2 Å². The Labute approximate surface area is 124 Å². The lowest BCUT2D eigenvalue weighted by Crippen LogP contribution is -2.26. The van der Waals surface area contributed by atoms with Crippen LogP contribution in [0.3, 0.4) is 0 Å². The van der Waals surface area contributed by atoms with Gasteiger partial charge in [-0.05, 0) is 33.5 Å². The topological polar surface area (TPSA) is 44.5 Å². The van der Waals surface area contributed by atoms with Crippen molar-refractivity contribution in [3.63, 3.8) is 0 Å². The highest BCUT2D eigenvalue weighted by Gasteiger charge is 2.26. The Bertz CT molecular complexity index is 405. The van der Waals surface area contributed by atoms with Crippen molar-refractivity contribution in [2.75, 3.05) is 14.2 Å². The number of nitrogens with two attached hydrogens (primary N) is 1. The van der Waals surface area contributed by atoms with E-state index in [-0.39, 0.29) is 23.9 Å². The van der Waals surface area contributed by atoms with E-state index in [1.807, 2.05) is 12.1 Å². The first-order valence-electron chi connectivity index (χ1n) is 5.48. The molecule has 2 N–H and O–H groups in total. The lowest BCUT2D eigenvalue weighted by molar-refractivity contribution is 0.312. The Morgan fingerprint density at radius 2 is 1.61 bits per heavy atom. The van der Waals surface area contributed by atoms with Gasteiger partial charge in [0.05, 0.1) is 18.7 Å². The Kier molecular flexibility index (Phi) is 6.47. The van der Waals surface area contributed by atoms with Crippen LogP contribution >= 0.6 is 28.3 Å².